The molecule has 142 valence electrons. The van der Waals surface area contributed by atoms with Gasteiger partial charge in [-0.15, -0.1) is 0 Å². The molecule has 0 spiro atoms. The van der Waals surface area contributed by atoms with Crippen LogP contribution >= 0.6 is 0 Å². The van der Waals surface area contributed by atoms with E-state index in [-0.39, 0.29) is 11.4 Å². The molecule has 0 aliphatic rings. The fraction of sp³-hybridized carbons (Fsp3) is 0.182. The molecule has 0 atom stereocenters. The highest BCUT2D eigenvalue weighted by Gasteiger charge is 2.17. The quantitative estimate of drug-likeness (QED) is 0.476. The molecule has 6 nitrogen and oxygen atoms in total. The minimum Gasteiger partial charge on any atom is -0.316 e. The summed E-state index contributed by atoms with van der Waals surface area (Å²) >= 11 is 0. The van der Waals surface area contributed by atoms with Crippen LogP contribution in [0.2, 0.25) is 0 Å². The summed E-state index contributed by atoms with van der Waals surface area (Å²) in [6.45, 7) is 3.89. The summed E-state index contributed by atoms with van der Waals surface area (Å²) in [6, 6.07) is 15.7. The largest absolute Gasteiger partial charge is 0.316 e. The van der Waals surface area contributed by atoms with E-state index in [1.807, 2.05) is 24.4 Å². The highest BCUT2D eigenvalue weighted by atomic mass is 16.6. The van der Waals surface area contributed by atoms with Gasteiger partial charge in [0, 0.05) is 23.4 Å². The maximum absolute atomic E-state index is 12.5. The molecule has 1 heterocycles. The Hall–Kier alpha value is -3.54. The second kappa shape index (κ2) is 8.43. The summed E-state index contributed by atoms with van der Waals surface area (Å²) in [4.78, 5) is 27.7. The van der Waals surface area contributed by atoms with Gasteiger partial charge in [0.05, 0.1) is 10.6 Å². The first kappa shape index (κ1) is 19.2. The van der Waals surface area contributed by atoms with E-state index in [9.17, 15) is 14.9 Å². The smallest absolute Gasteiger partial charge is 0.293 e. The standard InChI is InChI=1S/C22H21N3O3/c1-3-4-16-6-12-19(23-14-16)17-7-9-18(10-8-17)22(26)24-20-11-5-15(2)13-21(20)25(27)28/h5-14H,3-4H2,1-2H3,(H,24,26). The number of anilines is 1. The number of carbonyl (C=O) groups is 1. The lowest BCUT2D eigenvalue weighted by atomic mass is 10.1. The zero-order valence-electron chi connectivity index (χ0n) is 15.8. The van der Waals surface area contributed by atoms with Crippen LogP contribution in [0.25, 0.3) is 11.3 Å². The summed E-state index contributed by atoms with van der Waals surface area (Å²) in [5.41, 5.74) is 4.16. The Morgan fingerprint density at radius 1 is 1.11 bits per heavy atom. The molecular formula is C22H21N3O3. The van der Waals surface area contributed by atoms with E-state index < -0.39 is 10.8 Å². The lowest BCUT2D eigenvalue weighted by molar-refractivity contribution is -0.384. The maximum atomic E-state index is 12.5. The van der Waals surface area contributed by atoms with Crippen LogP contribution in [0.15, 0.2) is 60.8 Å². The lowest BCUT2D eigenvalue weighted by Gasteiger charge is -2.08. The Balaban J connectivity index is 1.76. The van der Waals surface area contributed by atoms with Crippen molar-refractivity contribution in [3.05, 3.63) is 87.6 Å². The first-order valence-electron chi connectivity index (χ1n) is 9.09. The van der Waals surface area contributed by atoms with Gasteiger partial charge in [0.1, 0.15) is 5.69 Å². The molecule has 0 saturated heterocycles. The minimum atomic E-state index is -0.500. The maximum Gasteiger partial charge on any atom is 0.293 e. The summed E-state index contributed by atoms with van der Waals surface area (Å²) < 4.78 is 0. The van der Waals surface area contributed by atoms with Crippen LogP contribution in [-0.4, -0.2) is 15.8 Å². The Kier molecular flexibility index (Phi) is 5.79. The van der Waals surface area contributed by atoms with Crippen LogP contribution in [0.5, 0.6) is 0 Å². The third-order valence-corrected chi connectivity index (χ3v) is 4.40. The van der Waals surface area contributed by atoms with Crippen LogP contribution in [0, 0.1) is 17.0 Å². The van der Waals surface area contributed by atoms with Crippen molar-refractivity contribution in [1.82, 2.24) is 4.98 Å². The molecule has 0 radical (unpaired) electrons. The van der Waals surface area contributed by atoms with E-state index in [0.717, 1.165) is 29.7 Å². The normalized spacial score (nSPS) is 10.5. The molecule has 2 aromatic carbocycles. The zero-order chi connectivity index (χ0) is 20.1. The molecule has 1 aromatic heterocycles. The molecule has 1 amide bonds. The molecule has 0 unspecified atom stereocenters. The number of nitrogens with one attached hydrogen (secondary N) is 1. The van der Waals surface area contributed by atoms with Gasteiger partial charge in [-0.25, -0.2) is 0 Å². The Morgan fingerprint density at radius 3 is 2.46 bits per heavy atom. The fourth-order valence-electron chi connectivity index (χ4n) is 2.92. The van der Waals surface area contributed by atoms with Crippen molar-refractivity contribution in [3.63, 3.8) is 0 Å². The van der Waals surface area contributed by atoms with Crippen molar-refractivity contribution in [2.75, 3.05) is 5.32 Å². The monoisotopic (exact) mass is 375 g/mol. The van der Waals surface area contributed by atoms with Crippen molar-refractivity contribution < 1.29 is 9.72 Å². The number of rotatable bonds is 6. The number of hydrogen-bond donors (Lipinski definition) is 1. The Morgan fingerprint density at radius 2 is 1.86 bits per heavy atom. The van der Waals surface area contributed by atoms with Crippen LogP contribution in [0.3, 0.4) is 0 Å². The summed E-state index contributed by atoms with van der Waals surface area (Å²) in [7, 11) is 0. The van der Waals surface area contributed by atoms with Gasteiger partial charge in [0.25, 0.3) is 11.6 Å². The number of pyridine rings is 1. The predicted molar refractivity (Wildman–Crippen MR) is 109 cm³/mol. The van der Waals surface area contributed by atoms with Crippen molar-refractivity contribution in [3.8, 4) is 11.3 Å². The number of benzene rings is 2. The molecule has 3 aromatic rings. The second-order valence-electron chi connectivity index (χ2n) is 6.61. The Bertz CT molecular complexity index is 997. The number of amides is 1. The van der Waals surface area contributed by atoms with Gasteiger partial charge < -0.3 is 5.32 Å². The number of nitrogens with zero attached hydrogens (tertiary/aromatic N) is 2. The zero-order valence-corrected chi connectivity index (χ0v) is 15.8. The fourth-order valence-corrected chi connectivity index (χ4v) is 2.92. The second-order valence-corrected chi connectivity index (χ2v) is 6.61. The lowest BCUT2D eigenvalue weighted by Crippen LogP contribution is -2.13. The molecule has 6 heteroatoms. The molecule has 0 saturated carbocycles. The minimum absolute atomic E-state index is 0.124. The van der Waals surface area contributed by atoms with Gasteiger partial charge >= 0.3 is 0 Å². The number of nitro benzene ring substituents is 1. The van der Waals surface area contributed by atoms with E-state index in [1.54, 1.807) is 31.2 Å². The van der Waals surface area contributed by atoms with Gasteiger partial charge in [0.15, 0.2) is 0 Å². The first-order valence-corrected chi connectivity index (χ1v) is 9.09. The van der Waals surface area contributed by atoms with Gasteiger partial charge in [-0.1, -0.05) is 37.6 Å². The number of nitro groups is 1. The van der Waals surface area contributed by atoms with Crippen LogP contribution in [-0.2, 0) is 6.42 Å². The first-order chi connectivity index (χ1) is 13.5. The predicted octanol–water partition coefficient (Wildman–Crippen LogP) is 5.17. The summed E-state index contributed by atoms with van der Waals surface area (Å²) in [5.74, 6) is -0.398. The van der Waals surface area contributed by atoms with E-state index in [0.29, 0.717) is 5.56 Å². The topological polar surface area (TPSA) is 85.1 Å². The summed E-state index contributed by atoms with van der Waals surface area (Å²) in [6.07, 6.45) is 3.94. The number of hydrogen-bond acceptors (Lipinski definition) is 4. The van der Waals surface area contributed by atoms with Crippen LogP contribution in [0.1, 0.15) is 34.8 Å². The van der Waals surface area contributed by atoms with Gasteiger partial charge in [0.2, 0.25) is 0 Å². The highest BCUT2D eigenvalue weighted by molar-refractivity contribution is 6.05. The van der Waals surface area contributed by atoms with E-state index in [1.165, 1.54) is 11.6 Å². The van der Waals surface area contributed by atoms with E-state index >= 15 is 0 Å². The number of carbonyl (C=O) groups excluding carboxylic acids is 1. The molecule has 0 fully saturated rings. The molecule has 0 aliphatic heterocycles. The molecule has 28 heavy (non-hydrogen) atoms. The average Bonchev–Trinajstić information content (AvgIpc) is 2.70. The van der Waals surface area contributed by atoms with Gasteiger partial charge in [-0.2, -0.15) is 0 Å². The van der Waals surface area contributed by atoms with E-state index in [2.05, 4.69) is 23.3 Å². The Labute approximate surface area is 163 Å². The molecule has 3 rings (SSSR count). The molecule has 1 N–H and O–H groups in total. The van der Waals surface area contributed by atoms with Crippen molar-refractivity contribution in [2.24, 2.45) is 0 Å². The molecule has 0 bridgehead atoms. The number of aryl methyl sites for hydroxylation is 2. The SMILES string of the molecule is CCCc1ccc(-c2ccc(C(=O)Nc3ccc(C)cc3[N+](=O)[O-])cc2)nc1. The molecular weight excluding hydrogens is 354 g/mol. The average molecular weight is 375 g/mol. The molecule has 0 aliphatic carbocycles. The van der Waals surface area contributed by atoms with Crippen molar-refractivity contribution in [1.29, 1.82) is 0 Å². The van der Waals surface area contributed by atoms with Crippen molar-refractivity contribution >= 4 is 17.3 Å². The van der Waals surface area contributed by atoms with Gasteiger partial charge in [-0.05, 0) is 48.7 Å². The van der Waals surface area contributed by atoms with Crippen LogP contribution in [0.4, 0.5) is 11.4 Å². The highest BCUT2D eigenvalue weighted by Crippen LogP contribution is 2.26. The summed E-state index contributed by atoms with van der Waals surface area (Å²) in [5, 5.41) is 13.8. The van der Waals surface area contributed by atoms with Crippen molar-refractivity contribution in [2.45, 2.75) is 26.7 Å². The van der Waals surface area contributed by atoms with Gasteiger partial charge in [-0.3, -0.25) is 19.9 Å². The third kappa shape index (κ3) is 4.40. The number of aromatic nitrogens is 1. The van der Waals surface area contributed by atoms with E-state index in [4.69, 9.17) is 0 Å². The third-order valence-electron chi connectivity index (χ3n) is 4.40. The van der Waals surface area contributed by atoms with Crippen LogP contribution < -0.4 is 5.32 Å².